The molecule has 108 valence electrons. The molecule has 2 nitrogen and oxygen atoms in total. The molecule has 2 atom stereocenters. The van der Waals surface area contributed by atoms with Gasteiger partial charge in [-0.1, -0.05) is 13.0 Å². The van der Waals surface area contributed by atoms with Crippen LogP contribution in [0.25, 0.3) is 0 Å². The molecule has 0 saturated heterocycles. The highest BCUT2D eigenvalue weighted by Crippen LogP contribution is 2.58. The lowest BCUT2D eigenvalue weighted by molar-refractivity contribution is -0.0952. The highest BCUT2D eigenvalue weighted by atomic mass is 16.3. The van der Waals surface area contributed by atoms with Gasteiger partial charge in [0.25, 0.3) is 0 Å². The molecule has 2 unspecified atom stereocenters. The Balaban J connectivity index is 1.55. The Morgan fingerprint density at radius 1 is 1.05 bits per heavy atom. The maximum atomic E-state index is 11.0. The fourth-order valence-corrected chi connectivity index (χ4v) is 5.68. The molecule has 4 saturated carbocycles. The van der Waals surface area contributed by atoms with E-state index in [4.69, 9.17) is 0 Å². The third-order valence-electron chi connectivity index (χ3n) is 6.36. The Bertz CT molecular complexity index is 444. The highest BCUT2D eigenvalue weighted by molar-refractivity contribution is 5.12. The molecular weight excluding hydrogens is 246 g/mol. The smallest absolute Gasteiger partial charge is 0.0654 e. The number of pyridine rings is 1. The first kappa shape index (κ1) is 12.8. The molecule has 4 fully saturated rings. The summed E-state index contributed by atoms with van der Waals surface area (Å²) in [7, 11) is 0. The second kappa shape index (κ2) is 4.84. The number of aliphatic hydroxyl groups excluding tert-OH is 1. The van der Waals surface area contributed by atoms with Gasteiger partial charge in [-0.2, -0.15) is 0 Å². The molecule has 4 aliphatic rings. The van der Waals surface area contributed by atoms with Crippen LogP contribution in [0.3, 0.4) is 0 Å². The van der Waals surface area contributed by atoms with Crippen LogP contribution in [0.5, 0.6) is 0 Å². The van der Waals surface area contributed by atoms with Crippen molar-refractivity contribution < 1.29 is 5.11 Å². The van der Waals surface area contributed by atoms with Gasteiger partial charge < -0.3 is 5.11 Å². The first-order valence-corrected chi connectivity index (χ1v) is 8.31. The van der Waals surface area contributed by atoms with Crippen LogP contribution in [0.2, 0.25) is 0 Å². The monoisotopic (exact) mass is 271 g/mol. The summed E-state index contributed by atoms with van der Waals surface area (Å²) in [4.78, 5) is 4.45. The maximum absolute atomic E-state index is 11.0. The normalized spacial score (nSPS) is 41.6. The molecule has 0 aliphatic heterocycles. The lowest BCUT2D eigenvalue weighted by Gasteiger charge is -2.56. The zero-order valence-corrected chi connectivity index (χ0v) is 12.3. The molecule has 20 heavy (non-hydrogen) atoms. The number of hydrogen-bond acceptors (Lipinski definition) is 2. The van der Waals surface area contributed by atoms with Crippen LogP contribution in [0.15, 0.2) is 24.4 Å². The molecular formula is C18H25NO. The van der Waals surface area contributed by atoms with E-state index in [0.29, 0.717) is 5.92 Å². The van der Waals surface area contributed by atoms with Gasteiger partial charge in [0.1, 0.15) is 0 Å². The van der Waals surface area contributed by atoms with Crippen molar-refractivity contribution in [2.45, 2.75) is 51.0 Å². The van der Waals surface area contributed by atoms with Crippen LogP contribution in [0, 0.1) is 29.6 Å². The Hall–Kier alpha value is -0.890. The highest BCUT2D eigenvalue weighted by Gasteiger charge is 2.51. The molecule has 0 radical (unpaired) electrons. The predicted molar refractivity (Wildman–Crippen MR) is 79.2 cm³/mol. The molecule has 5 rings (SSSR count). The van der Waals surface area contributed by atoms with Gasteiger partial charge in [0.05, 0.1) is 6.10 Å². The molecule has 4 bridgehead atoms. The second-order valence-electron chi connectivity index (χ2n) is 7.54. The first-order chi connectivity index (χ1) is 9.72. The quantitative estimate of drug-likeness (QED) is 0.911. The van der Waals surface area contributed by atoms with E-state index in [-0.39, 0.29) is 12.0 Å². The molecule has 0 spiro atoms. The van der Waals surface area contributed by atoms with Gasteiger partial charge in [0.2, 0.25) is 0 Å². The van der Waals surface area contributed by atoms with Crippen LogP contribution in [0.4, 0.5) is 0 Å². The van der Waals surface area contributed by atoms with E-state index in [9.17, 15) is 5.11 Å². The zero-order chi connectivity index (χ0) is 13.7. The average Bonchev–Trinajstić information content (AvgIpc) is 2.46. The van der Waals surface area contributed by atoms with Crippen LogP contribution in [0.1, 0.15) is 50.6 Å². The van der Waals surface area contributed by atoms with Crippen LogP contribution in [-0.4, -0.2) is 16.2 Å². The van der Waals surface area contributed by atoms with Crippen LogP contribution in [-0.2, 0) is 0 Å². The third kappa shape index (κ3) is 2.00. The van der Waals surface area contributed by atoms with Crippen LogP contribution < -0.4 is 0 Å². The Morgan fingerprint density at radius 3 is 2.25 bits per heavy atom. The average molecular weight is 271 g/mol. The summed E-state index contributed by atoms with van der Waals surface area (Å²) in [6, 6.07) is 6.04. The fourth-order valence-electron chi connectivity index (χ4n) is 5.68. The SMILES string of the molecule is CC(c1ccccn1)C(O)C1C2CC3CC(C2)CC1C3. The van der Waals surface area contributed by atoms with E-state index in [1.165, 1.54) is 32.1 Å². The molecule has 1 heterocycles. The maximum Gasteiger partial charge on any atom is 0.0654 e. The van der Waals surface area contributed by atoms with E-state index < -0.39 is 0 Å². The Labute approximate surface area is 121 Å². The molecule has 1 aromatic heterocycles. The summed E-state index contributed by atoms with van der Waals surface area (Å²) < 4.78 is 0. The number of hydrogen-bond donors (Lipinski definition) is 1. The van der Waals surface area contributed by atoms with Crippen molar-refractivity contribution in [1.82, 2.24) is 4.98 Å². The number of aliphatic hydroxyl groups is 1. The fraction of sp³-hybridized carbons (Fsp3) is 0.722. The van der Waals surface area contributed by atoms with Crippen molar-refractivity contribution in [2.24, 2.45) is 29.6 Å². The van der Waals surface area contributed by atoms with E-state index >= 15 is 0 Å². The van der Waals surface area contributed by atoms with Gasteiger partial charge in [0, 0.05) is 17.8 Å². The number of rotatable bonds is 3. The molecule has 1 aromatic rings. The van der Waals surface area contributed by atoms with Gasteiger partial charge in [0.15, 0.2) is 0 Å². The Kier molecular flexibility index (Phi) is 3.10. The minimum atomic E-state index is -0.208. The minimum Gasteiger partial charge on any atom is -0.392 e. The van der Waals surface area contributed by atoms with Crippen molar-refractivity contribution in [1.29, 1.82) is 0 Å². The number of aromatic nitrogens is 1. The Morgan fingerprint density at radius 2 is 1.70 bits per heavy atom. The second-order valence-corrected chi connectivity index (χ2v) is 7.54. The van der Waals surface area contributed by atoms with Gasteiger partial charge >= 0.3 is 0 Å². The van der Waals surface area contributed by atoms with Crippen LogP contribution >= 0.6 is 0 Å². The third-order valence-corrected chi connectivity index (χ3v) is 6.36. The first-order valence-electron chi connectivity index (χ1n) is 8.31. The van der Waals surface area contributed by atoms with E-state index in [2.05, 4.69) is 18.0 Å². The lowest BCUT2D eigenvalue weighted by Crippen LogP contribution is -2.50. The topological polar surface area (TPSA) is 33.1 Å². The van der Waals surface area contributed by atoms with E-state index in [1.54, 1.807) is 0 Å². The van der Waals surface area contributed by atoms with Crippen molar-refractivity contribution in [3.63, 3.8) is 0 Å². The van der Waals surface area contributed by atoms with Gasteiger partial charge in [-0.15, -0.1) is 0 Å². The van der Waals surface area contributed by atoms with Crippen molar-refractivity contribution in [2.75, 3.05) is 0 Å². The summed E-state index contributed by atoms with van der Waals surface area (Å²) in [5.41, 5.74) is 1.05. The molecule has 0 aromatic carbocycles. The summed E-state index contributed by atoms with van der Waals surface area (Å²) in [5, 5.41) is 11.0. The lowest BCUT2D eigenvalue weighted by atomic mass is 9.50. The van der Waals surface area contributed by atoms with Gasteiger partial charge in [-0.25, -0.2) is 0 Å². The van der Waals surface area contributed by atoms with Crippen molar-refractivity contribution in [3.05, 3.63) is 30.1 Å². The number of nitrogens with zero attached hydrogens (tertiary/aromatic N) is 1. The largest absolute Gasteiger partial charge is 0.392 e. The van der Waals surface area contributed by atoms with Gasteiger partial charge in [-0.3, -0.25) is 4.98 Å². The van der Waals surface area contributed by atoms with E-state index in [0.717, 1.165) is 29.4 Å². The molecule has 2 heteroatoms. The summed E-state index contributed by atoms with van der Waals surface area (Å²) in [5.74, 6) is 4.22. The minimum absolute atomic E-state index is 0.165. The standard InChI is InChI=1S/C18H25NO/c1-11(16-4-2-3-5-19-16)18(20)17-14-7-12-6-13(9-14)10-15(17)8-12/h2-5,11-15,17-18,20H,6-10H2,1H3. The summed E-state index contributed by atoms with van der Waals surface area (Å²) in [6.07, 6.45) is 8.63. The van der Waals surface area contributed by atoms with Gasteiger partial charge in [-0.05, 0) is 73.8 Å². The van der Waals surface area contributed by atoms with Crippen molar-refractivity contribution >= 4 is 0 Å². The summed E-state index contributed by atoms with van der Waals surface area (Å²) in [6.45, 7) is 2.15. The van der Waals surface area contributed by atoms with Crippen molar-refractivity contribution in [3.8, 4) is 0 Å². The predicted octanol–water partition coefficient (Wildman–Crippen LogP) is 3.62. The zero-order valence-electron chi connectivity index (χ0n) is 12.3. The molecule has 4 aliphatic carbocycles. The molecule has 1 N–H and O–H groups in total. The molecule has 0 amide bonds. The summed E-state index contributed by atoms with van der Waals surface area (Å²) >= 11 is 0. The van der Waals surface area contributed by atoms with E-state index in [1.807, 2.05) is 18.3 Å².